The van der Waals surface area contributed by atoms with Crippen LogP contribution in [-0.4, -0.2) is 35.2 Å². The number of hydrogen-bond donors (Lipinski definition) is 1. The summed E-state index contributed by atoms with van der Waals surface area (Å²) in [6.07, 6.45) is 2.13. The minimum absolute atomic E-state index is 0.0286. The number of benzene rings is 2. The van der Waals surface area contributed by atoms with Crippen LogP contribution < -0.4 is 9.62 Å². The van der Waals surface area contributed by atoms with Crippen LogP contribution in [0.15, 0.2) is 42.5 Å². The molecule has 1 aliphatic heterocycles. The summed E-state index contributed by atoms with van der Waals surface area (Å²) < 4.78 is 33.0. The molecule has 2 aromatic carbocycles. The minimum Gasteiger partial charge on any atom is -0.383 e. The van der Waals surface area contributed by atoms with Gasteiger partial charge in [-0.3, -0.25) is 4.72 Å². The topological polar surface area (TPSA) is 58.6 Å². The molecule has 0 aliphatic carbocycles. The Labute approximate surface area is 156 Å². The van der Waals surface area contributed by atoms with Crippen molar-refractivity contribution in [3.63, 3.8) is 0 Å². The number of rotatable bonds is 7. The van der Waals surface area contributed by atoms with Crippen molar-refractivity contribution >= 4 is 21.4 Å². The van der Waals surface area contributed by atoms with Crippen LogP contribution in [0.5, 0.6) is 0 Å². The van der Waals surface area contributed by atoms with Crippen molar-refractivity contribution in [3.05, 3.63) is 59.2 Å². The summed E-state index contributed by atoms with van der Waals surface area (Å²) in [6, 6.07) is 13.4. The maximum Gasteiger partial charge on any atom is 0.236 e. The van der Waals surface area contributed by atoms with Gasteiger partial charge in [-0.25, -0.2) is 8.42 Å². The molecule has 1 N–H and O–H groups in total. The zero-order valence-electron chi connectivity index (χ0n) is 15.4. The Kier molecular flexibility index (Phi) is 5.84. The smallest absolute Gasteiger partial charge is 0.236 e. The van der Waals surface area contributed by atoms with Gasteiger partial charge in [0.2, 0.25) is 10.0 Å². The fraction of sp³-hybridized carbons (Fsp3) is 0.400. The SMILES string of the molecule is COCCN1CCCc2ccc(NS(=O)(=O)Cc3cccc(C)c3)cc21. The van der Waals surface area contributed by atoms with Crippen molar-refractivity contribution in [2.45, 2.75) is 25.5 Å². The van der Waals surface area contributed by atoms with E-state index in [0.717, 1.165) is 42.7 Å². The molecule has 0 atom stereocenters. The Hall–Kier alpha value is -2.05. The molecule has 26 heavy (non-hydrogen) atoms. The predicted octanol–water partition coefficient (Wildman–Crippen LogP) is 3.34. The van der Waals surface area contributed by atoms with Crippen molar-refractivity contribution in [1.82, 2.24) is 0 Å². The fourth-order valence-corrected chi connectivity index (χ4v) is 4.56. The van der Waals surface area contributed by atoms with Gasteiger partial charge in [-0.1, -0.05) is 35.9 Å². The summed E-state index contributed by atoms with van der Waals surface area (Å²) in [7, 11) is -1.76. The van der Waals surface area contributed by atoms with Crippen molar-refractivity contribution in [3.8, 4) is 0 Å². The standard InChI is InChI=1S/C20H26N2O3S/c1-16-5-3-6-17(13-16)15-26(23,24)21-19-9-8-18-7-4-10-22(11-12-25-2)20(18)14-19/h3,5-6,8-9,13-14,21H,4,7,10-12,15H2,1-2H3. The number of nitrogens with zero attached hydrogens (tertiary/aromatic N) is 1. The van der Waals surface area contributed by atoms with Crippen molar-refractivity contribution in [1.29, 1.82) is 0 Å². The first kappa shape index (κ1) is 18.7. The third-order valence-corrected chi connectivity index (χ3v) is 5.84. The lowest BCUT2D eigenvalue weighted by Crippen LogP contribution is -2.32. The second kappa shape index (κ2) is 8.10. The lowest BCUT2D eigenvalue weighted by molar-refractivity contribution is 0.205. The van der Waals surface area contributed by atoms with E-state index in [0.29, 0.717) is 12.3 Å². The highest BCUT2D eigenvalue weighted by Crippen LogP contribution is 2.30. The second-order valence-electron chi connectivity index (χ2n) is 6.78. The maximum atomic E-state index is 12.6. The molecule has 5 nitrogen and oxygen atoms in total. The molecule has 0 amide bonds. The van der Waals surface area contributed by atoms with Gasteiger partial charge in [0.15, 0.2) is 0 Å². The van der Waals surface area contributed by atoms with Gasteiger partial charge in [0, 0.05) is 25.9 Å². The number of methoxy groups -OCH3 is 1. The monoisotopic (exact) mass is 374 g/mol. The van der Waals surface area contributed by atoms with E-state index in [4.69, 9.17) is 4.74 Å². The molecule has 0 unspecified atom stereocenters. The van der Waals surface area contributed by atoms with Crippen LogP contribution in [0.2, 0.25) is 0 Å². The molecular weight excluding hydrogens is 348 g/mol. The Morgan fingerprint density at radius 1 is 1.19 bits per heavy atom. The quantitative estimate of drug-likeness (QED) is 0.808. The Balaban J connectivity index is 1.77. The summed E-state index contributed by atoms with van der Waals surface area (Å²) in [4.78, 5) is 2.26. The molecule has 6 heteroatoms. The lowest BCUT2D eigenvalue weighted by atomic mass is 10.0. The first-order chi connectivity index (χ1) is 12.5. The van der Waals surface area contributed by atoms with E-state index in [9.17, 15) is 8.42 Å². The number of hydrogen-bond acceptors (Lipinski definition) is 4. The Morgan fingerprint density at radius 3 is 2.81 bits per heavy atom. The van der Waals surface area contributed by atoms with E-state index in [-0.39, 0.29) is 5.75 Å². The summed E-state index contributed by atoms with van der Waals surface area (Å²) in [5.41, 5.74) is 4.82. The van der Waals surface area contributed by atoms with Crippen LogP contribution in [0.4, 0.5) is 11.4 Å². The highest BCUT2D eigenvalue weighted by atomic mass is 32.2. The number of nitrogens with one attached hydrogen (secondary N) is 1. The number of ether oxygens (including phenoxy) is 1. The molecule has 3 rings (SSSR count). The first-order valence-electron chi connectivity index (χ1n) is 8.90. The lowest BCUT2D eigenvalue weighted by Gasteiger charge is -2.31. The average Bonchev–Trinajstić information content (AvgIpc) is 2.59. The maximum absolute atomic E-state index is 12.6. The number of aryl methyl sites for hydroxylation is 2. The van der Waals surface area contributed by atoms with Crippen LogP contribution >= 0.6 is 0 Å². The summed E-state index contributed by atoms with van der Waals surface area (Å²) in [5, 5.41) is 0. The number of anilines is 2. The van der Waals surface area contributed by atoms with E-state index in [2.05, 4.69) is 9.62 Å². The van der Waals surface area contributed by atoms with Crippen molar-refractivity contribution in [2.24, 2.45) is 0 Å². The zero-order valence-corrected chi connectivity index (χ0v) is 16.2. The summed E-state index contributed by atoms with van der Waals surface area (Å²) in [6.45, 7) is 4.39. The molecule has 1 heterocycles. The third-order valence-electron chi connectivity index (χ3n) is 4.58. The number of sulfonamides is 1. The van der Waals surface area contributed by atoms with Gasteiger partial charge in [0.1, 0.15) is 0 Å². The molecule has 140 valence electrons. The Morgan fingerprint density at radius 2 is 2.04 bits per heavy atom. The summed E-state index contributed by atoms with van der Waals surface area (Å²) >= 11 is 0. The molecule has 0 saturated heterocycles. The van der Waals surface area contributed by atoms with Crippen molar-refractivity contribution in [2.75, 3.05) is 36.4 Å². The molecule has 0 aromatic heterocycles. The highest BCUT2D eigenvalue weighted by molar-refractivity contribution is 7.91. The zero-order chi connectivity index (χ0) is 18.6. The average molecular weight is 375 g/mol. The van der Waals surface area contributed by atoms with E-state index in [1.54, 1.807) is 7.11 Å². The van der Waals surface area contributed by atoms with Crippen LogP contribution in [0, 0.1) is 6.92 Å². The third kappa shape index (κ3) is 4.77. The van der Waals surface area contributed by atoms with Gasteiger partial charge in [-0.05, 0) is 43.0 Å². The van der Waals surface area contributed by atoms with Crippen LogP contribution in [0.1, 0.15) is 23.1 Å². The van der Waals surface area contributed by atoms with Gasteiger partial charge < -0.3 is 9.64 Å². The highest BCUT2D eigenvalue weighted by Gasteiger charge is 2.19. The van der Waals surface area contributed by atoms with Crippen LogP contribution in [0.25, 0.3) is 0 Å². The molecule has 0 spiro atoms. The molecule has 0 radical (unpaired) electrons. The van der Waals surface area contributed by atoms with Crippen LogP contribution in [0.3, 0.4) is 0 Å². The van der Waals surface area contributed by atoms with Crippen LogP contribution in [-0.2, 0) is 26.9 Å². The molecule has 0 saturated carbocycles. The minimum atomic E-state index is -3.46. The van der Waals surface area contributed by atoms with Gasteiger partial charge >= 0.3 is 0 Å². The number of fused-ring (bicyclic) bond motifs is 1. The second-order valence-corrected chi connectivity index (χ2v) is 8.50. The molecule has 0 bridgehead atoms. The van der Waals surface area contributed by atoms with Crippen molar-refractivity contribution < 1.29 is 13.2 Å². The van der Waals surface area contributed by atoms with Gasteiger partial charge in [0.05, 0.1) is 18.0 Å². The molecule has 2 aromatic rings. The largest absolute Gasteiger partial charge is 0.383 e. The molecular formula is C20H26N2O3S. The van der Waals surface area contributed by atoms with Gasteiger partial charge in [0.25, 0.3) is 0 Å². The normalized spacial score (nSPS) is 14.2. The first-order valence-corrected chi connectivity index (χ1v) is 10.5. The van der Waals surface area contributed by atoms with Gasteiger partial charge in [-0.15, -0.1) is 0 Å². The Bertz CT molecular complexity index is 865. The van der Waals surface area contributed by atoms with E-state index in [1.165, 1.54) is 5.56 Å². The van der Waals surface area contributed by atoms with E-state index >= 15 is 0 Å². The van der Waals surface area contributed by atoms with Gasteiger partial charge in [-0.2, -0.15) is 0 Å². The fourth-order valence-electron chi connectivity index (χ4n) is 3.38. The molecule has 0 fully saturated rings. The molecule has 1 aliphatic rings. The van der Waals surface area contributed by atoms with E-state index < -0.39 is 10.0 Å². The van der Waals surface area contributed by atoms with E-state index in [1.807, 2.05) is 49.4 Å². The summed E-state index contributed by atoms with van der Waals surface area (Å²) in [5.74, 6) is -0.0286. The predicted molar refractivity (Wildman–Crippen MR) is 106 cm³/mol.